The summed E-state index contributed by atoms with van der Waals surface area (Å²) in [5, 5.41) is 9.62. The molecular weight excluding hydrogens is 362 g/mol. The van der Waals surface area contributed by atoms with E-state index in [1.807, 2.05) is 24.3 Å². The summed E-state index contributed by atoms with van der Waals surface area (Å²) in [4.78, 5) is 15.1. The molecule has 2 aromatic rings. The first-order chi connectivity index (χ1) is 14.2. The second-order valence-corrected chi connectivity index (χ2v) is 8.36. The Morgan fingerprint density at radius 3 is 2.86 bits per heavy atom. The fourth-order valence-corrected chi connectivity index (χ4v) is 4.99. The number of likely N-dealkylation sites (tertiary alicyclic amines) is 1. The summed E-state index contributed by atoms with van der Waals surface area (Å²) >= 11 is 0. The number of hydrogen-bond acceptors (Lipinski definition) is 4. The van der Waals surface area contributed by atoms with Gasteiger partial charge in [0.1, 0.15) is 12.4 Å². The third-order valence-corrected chi connectivity index (χ3v) is 6.58. The second kappa shape index (κ2) is 7.77. The Kier molecular flexibility index (Phi) is 4.98. The number of ketones is 1. The van der Waals surface area contributed by atoms with Gasteiger partial charge in [0.25, 0.3) is 0 Å². The number of aliphatic hydroxyl groups excluding tert-OH is 1. The lowest BCUT2D eigenvalue weighted by molar-refractivity contribution is -0.112. The zero-order valence-corrected chi connectivity index (χ0v) is 16.7. The van der Waals surface area contributed by atoms with Crippen LogP contribution in [0.1, 0.15) is 47.1 Å². The minimum Gasteiger partial charge on any atom is -0.487 e. The highest BCUT2D eigenvalue weighted by Crippen LogP contribution is 2.40. The number of Topliss-reactive ketones (excluding diaryl/α,β-unsaturated/α-hetero) is 1. The van der Waals surface area contributed by atoms with E-state index in [2.05, 4.69) is 23.1 Å². The van der Waals surface area contributed by atoms with E-state index in [0.717, 1.165) is 54.0 Å². The smallest absolute Gasteiger partial charge is 0.171 e. The van der Waals surface area contributed by atoms with Crippen LogP contribution in [0.5, 0.6) is 0 Å². The summed E-state index contributed by atoms with van der Waals surface area (Å²) in [7, 11) is 0. The van der Waals surface area contributed by atoms with Crippen LogP contribution in [0.15, 0.2) is 42.5 Å². The van der Waals surface area contributed by atoms with Gasteiger partial charge in [-0.15, -0.1) is 0 Å². The molecule has 1 fully saturated rings. The monoisotopic (exact) mass is 389 g/mol. The van der Waals surface area contributed by atoms with Crippen molar-refractivity contribution in [1.29, 1.82) is 0 Å². The van der Waals surface area contributed by atoms with E-state index in [9.17, 15) is 9.90 Å². The molecule has 0 amide bonds. The normalized spacial score (nSPS) is 23.8. The number of carbonyl (C=O) groups is 1. The van der Waals surface area contributed by atoms with E-state index in [-0.39, 0.29) is 12.4 Å². The first-order valence-corrected chi connectivity index (χ1v) is 10.7. The van der Waals surface area contributed by atoms with Crippen LogP contribution < -0.4 is 0 Å². The molecule has 1 N–H and O–H groups in total. The first kappa shape index (κ1) is 18.6. The van der Waals surface area contributed by atoms with Gasteiger partial charge >= 0.3 is 0 Å². The number of nitrogens with zero attached hydrogens (tertiary/aromatic N) is 1. The van der Waals surface area contributed by atoms with Crippen molar-refractivity contribution in [2.45, 2.75) is 44.8 Å². The highest BCUT2D eigenvalue weighted by atomic mass is 16.5. The summed E-state index contributed by atoms with van der Waals surface area (Å²) in [5.41, 5.74) is 6.36. The fraction of sp³-hybridized carbons (Fsp3) is 0.400. The van der Waals surface area contributed by atoms with Gasteiger partial charge in [-0.05, 0) is 42.5 Å². The molecule has 0 saturated carbocycles. The van der Waals surface area contributed by atoms with Gasteiger partial charge in [0, 0.05) is 30.1 Å². The van der Waals surface area contributed by atoms with Crippen LogP contribution in [-0.4, -0.2) is 41.5 Å². The van der Waals surface area contributed by atoms with Crippen molar-refractivity contribution in [2.24, 2.45) is 0 Å². The van der Waals surface area contributed by atoms with Crippen LogP contribution in [0.4, 0.5) is 0 Å². The van der Waals surface area contributed by atoms with Gasteiger partial charge in [-0.2, -0.15) is 0 Å². The molecular formula is C25H27NO3. The van der Waals surface area contributed by atoms with Crippen molar-refractivity contribution in [1.82, 2.24) is 4.90 Å². The predicted octanol–water partition coefficient (Wildman–Crippen LogP) is 3.60. The number of piperidine rings is 1. The number of benzene rings is 2. The minimum absolute atomic E-state index is 0.151. The SMILES string of the molecule is O=C1Cc2ccccc2/C1=C1\OCc2cc(CCN3CCCCC3CO)ccc21. The lowest BCUT2D eigenvalue weighted by Crippen LogP contribution is -2.42. The molecule has 2 aromatic carbocycles. The molecule has 29 heavy (non-hydrogen) atoms. The molecule has 4 heteroatoms. The largest absolute Gasteiger partial charge is 0.487 e. The van der Waals surface area contributed by atoms with Crippen LogP contribution in [0.2, 0.25) is 0 Å². The topological polar surface area (TPSA) is 49.8 Å². The van der Waals surface area contributed by atoms with Crippen molar-refractivity contribution < 1.29 is 14.6 Å². The molecule has 1 saturated heterocycles. The molecule has 5 rings (SSSR count). The molecule has 150 valence electrons. The van der Waals surface area contributed by atoms with Crippen LogP contribution in [0, 0.1) is 0 Å². The molecule has 0 bridgehead atoms. The van der Waals surface area contributed by atoms with Gasteiger partial charge in [0.15, 0.2) is 5.78 Å². The van der Waals surface area contributed by atoms with Gasteiger partial charge in [-0.3, -0.25) is 9.69 Å². The fourth-order valence-electron chi connectivity index (χ4n) is 4.99. The zero-order valence-electron chi connectivity index (χ0n) is 16.7. The summed E-state index contributed by atoms with van der Waals surface area (Å²) in [6, 6.07) is 14.8. The maximum Gasteiger partial charge on any atom is 0.171 e. The highest BCUT2D eigenvalue weighted by Gasteiger charge is 2.32. The Labute approximate surface area is 171 Å². The average molecular weight is 389 g/mol. The van der Waals surface area contributed by atoms with E-state index < -0.39 is 0 Å². The van der Waals surface area contributed by atoms with Crippen molar-refractivity contribution >= 4 is 17.1 Å². The maximum absolute atomic E-state index is 12.7. The highest BCUT2D eigenvalue weighted by molar-refractivity contribution is 6.31. The molecule has 1 atom stereocenters. The summed E-state index contributed by atoms with van der Waals surface area (Å²) in [6.07, 6.45) is 4.98. The molecule has 0 aromatic heterocycles. The standard InChI is InChI=1S/C25H27NO3/c27-15-20-6-3-4-11-26(20)12-10-17-8-9-22-19(13-17)16-29-25(22)24-21-7-2-1-5-18(21)14-23(24)28/h1-2,5,7-9,13,20,27H,3-4,6,10-12,14-16H2/b25-24+. The van der Waals surface area contributed by atoms with E-state index in [4.69, 9.17) is 4.74 Å². The number of ether oxygens (including phenoxy) is 1. The Morgan fingerprint density at radius 1 is 1.07 bits per heavy atom. The van der Waals surface area contributed by atoms with Crippen molar-refractivity contribution in [3.05, 3.63) is 70.3 Å². The molecule has 1 unspecified atom stereocenters. The number of allylic oxidation sites excluding steroid dienone is 1. The number of hydrogen-bond donors (Lipinski definition) is 1. The van der Waals surface area contributed by atoms with Gasteiger partial charge in [-0.1, -0.05) is 48.9 Å². The van der Waals surface area contributed by atoms with Crippen molar-refractivity contribution in [3.63, 3.8) is 0 Å². The predicted molar refractivity (Wildman–Crippen MR) is 113 cm³/mol. The van der Waals surface area contributed by atoms with E-state index in [0.29, 0.717) is 19.1 Å². The van der Waals surface area contributed by atoms with Crippen molar-refractivity contribution in [2.75, 3.05) is 19.7 Å². The third-order valence-electron chi connectivity index (χ3n) is 6.58. The number of carbonyl (C=O) groups excluding carboxylic acids is 1. The lowest BCUT2D eigenvalue weighted by Gasteiger charge is -2.34. The van der Waals surface area contributed by atoms with Crippen LogP contribution in [0.3, 0.4) is 0 Å². The van der Waals surface area contributed by atoms with Crippen LogP contribution in [0.25, 0.3) is 11.3 Å². The first-order valence-electron chi connectivity index (χ1n) is 10.7. The molecule has 2 heterocycles. The number of aliphatic hydroxyl groups is 1. The molecule has 3 aliphatic rings. The zero-order chi connectivity index (χ0) is 19.8. The molecule has 0 radical (unpaired) electrons. The Bertz CT molecular complexity index is 978. The van der Waals surface area contributed by atoms with E-state index in [1.165, 1.54) is 24.0 Å². The average Bonchev–Trinajstić information content (AvgIpc) is 3.31. The molecule has 4 nitrogen and oxygen atoms in total. The van der Waals surface area contributed by atoms with Crippen LogP contribution >= 0.6 is 0 Å². The number of fused-ring (bicyclic) bond motifs is 2. The quantitative estimate of drug-likeness (QED) is 0.812. The van der Waals surface area contributed by atoms with Gasteiger partial charge in [-0.25, -0.2) is 0 Å². The van der Waals surface area contributed by atoms with Gasteiger partial charge in [0.05, 0.1) is 12.2 Å². The Hall–Kier alpha value is -2.43. The van der Waals surface area contributed by atoms with E-state index in [1.54, 1.807) is 0 Å². The summed E-state index contributed by atoms with van der Waals surface area (Å²) < 4.78 is 6.03. The molecule has 1 aliphatic carbocycles. The maximum atomic E-state index is 12.7. The molecule has 0 spiro atoms. The summed E-state index contributed by atoms with van der Waals surface area (Å²) in [6.45, 7) is 2.84. The molecule has 2 aliphatic heterocycles. The van der Waals surface area contributed by atoms with Crippen molar-refractivity contribution in [3.8, 4) is 0 Å². The van der Waals surface area contributed by atoms with Gasteiger partial charge < -0.3 is 9.84 Å². The Morgan fingerprint density at radius 2 is 1.97 bits per heavy atom. The minimum atomic E-state index is 0.151. The van der Waals surface area contributed by atoms with Gasteiger partial charge in [0.2, 0.25) is 0 Å². The Balaban J connectivity index is 1.38. The summed E-state index contributed by atoms with van der Waals surface area (Å²) in [5.74, 6) is 0.899. The van der Waals surface area contributed by atoms with E-state index >= 15 is 0 Å². The second-order valence-electron chi connectivity index (χ2n) is 8.36. The van der Waals surface area contributed by atoms with Crippen LogP contribution in [-0.2, 0) is 29.0 Å². The lowest BCUT2D eigenvalue weighted by atomic mass is 9.97. The number of rotatable bonds is 4. The third kappa shape index (κ3) is 3.41.